The van der Waals surface area contributed by atoms with Crippen LogP contribution in [0.4, 0.5) is 11.4 Å². The van der Waals surface area contributed by atoms with Gasteiger partial charge in [0.15, 0.2) is 0 Å². The molecule has 0 bridgehead atoms. The quantitative estimate of drug-likeness (QED) is 0.746. The molecule has 6 heteroatoms. The van der Waals surface area contributed by atoms with Gasteiger partial charge < -0.3 is 11.1 Å². The smallest absolute Gasteiger partial charge is 0.240 e. The van der Waals surface area contributed by atoms with Crippen LogP contribution >= 0.6 is 0 Å². The zero-order valence-corrected chi connectivity index (χ0v) is 12.5. The van der Waals surface area contributed by atoms with Crippen LogP contribution in [0.1, 0.15) is 44.9 Å². The maximum Gasteiger partial charge on any atom is 0.240 e. The molecular formula is C14H23N3O2S. The van der Waals surface area contributed by atoms with Gasteiger partial charge in [-0.1, -0.05) is 32.1 Å². The molecule has 0 atom stereocenters. The van der Waals surface area contributed by atoms with E-state index in [2.05, 4.69) is 5.32 Å². The Hall–Kier alpha value is -1.27. The normalized spacial score (nSPS) is 18.2. The Morgan fingerprint density at radius 3 is 2.25 bits per heavy atom. The van der Waals surface area contributed by atoms with Crippen molar-refractivity contribution in [2.75, 3.05) is 11.1 Å². The van der Waals surface area contributed by atoms with Crippen LogP contribution in [0.3, 0.4) is 0 Å². The minimum Gasteiger partial charge on any atom is -0.399 e. The fourth-order valence-corrected chi connectivity index (χ4v) is 3.45. The molecule has 20 heavy (non-hydrogen) atoms. The second-order valence-electron chi connectivity index (χ2n) is 5.49. The summed E-state index contributed by atoms with van der Waals surface area (Å²) in [5.74, 6) is 0. The lowest BCUT2D eigenvalue weighted by Gasteiger charge is -2.23. The largest absolute Gasteiger partial charge is 0.399 e. The first kappa shape index (κ1) is 15.1. The molecule has 1 saturated carbocycles. The third-order valence-electron chi connectivity index (χ3n) is 3.78. The van der Waals surface area contributed by atoms with Crippen molar-refractivity contribution < 1.29 is 8.42 Å². The Kier molecular flexibility index (Phi) is 4.88. The van der Waals surface area contributed by atoms with E-state index in [1.165, 1.54) is 38.2 Å². The molecule has 0 saturated heterocycles. The van der Waals surface area contributed by atoms with Gasteiger partial charge in [-0.2, -0.15) is 0 Å². The van der Waals surface area contributed by atoms with Gasteiger partial charge in [-0.15, -0.1) is 0 Å². The summed E-state index contributed by atoms with van der Waals surface area (Å²) in [6.45, 7) is 0. The summed E-state index contributed by atoms with van der Waals surface area (Å²) in [5, 5.41) is 8.60. The molecule has 0 aliphatic heterocycles. The molecule has 1 aliphatic rings. The number of nitrogens with one attached hydrogen (secondary N) is 1. The van der Waals surface area contributed by atoms with E-state index in [4.69, 9.17) is 10.9 Å². The van der Waals surface area contributed by atoms with Crippen LogP contribution in [-0.2, 0) is 10.0 Å². The van der Waals surface area contributed by atoms with Crippen molar-refractivity contribution in [3.8, 4) is 0 Å². The molecule has 0 radical (unpaired) electrons. The minimum absolute atomic E-state index is 0.0829. The fraction of sp³-hybridized carbons (Fsp3) is 0.571. The zero-order chi connectivity index (χ0) is 14.6. The van der Waals surface area contributed by atoms with Crippen molar-refractivity contribution in [3.05, 3.63) is 18.2 Å². The van der Waals surface area contributed by atoms with E-state index in [-0.39, 0.29) is 4.90 Å². The molecule has 1 aromatic carbocycles. The zero-order valence-electron chi connectivity index (χ0n) is 11.6. The van der Waals surface area contributed by atoms with Gasteiger partial charge in [0.1, 0.15) is 4.90 Å². The molecule has 1 aliphatic carbocycles. The first-order valence-electron chi connectivity index (χ1n) is 7.16. The van der Waals surface area contributed by atoms with E-state index < -0.39 is 10.0 Å². The van der Waals surface area contributed by atoms with Gasteiger partial charge in [0.05, 0.1) is 5.69 Å². The average molecular weight is 297 g/mol. The molecule has 0 aromatic heterocycles. The number of rotatable bonds is 3. The lowest BCUT2D eigenvalue weighted by Crippen LogP contribution is -2.23. The van der Waals surface area contributed by atoms with Crippen LogP contribution in [0.25, 0.3) is 0 Å². The third kappa shape index (κ3) is 4.11. The summed E-state index contributed by atoms with van der Waals surface area (Å²) in [6, 6.07) is 5.12. The lowest BCUT2D eigenvalue weighted by molar-refractivity contribution is 0.471. The van der Waals surface area contributed by atoms with Crippen LogP contribution in [0.5, 0.6) is 0 Å². The molecule has 0 spiro atoms. The summed E-state index contributed by atoms with van der Waals surface area (Å²) in [5.41, 5.74) is 6.62. The lowest BCUT2D eigenvalue weighted by atomic mass is 9.96. The Labute approximate surface area is 120 Å². The Bertz CT molecular complexity index is 550. The monoisotopic (exact) mass is 297 g/mol. The third-order valence-corrected chi connectivity index (χ3v) is 4.73. The Morgan fingerprint density at radius 1 is 1.05 bits per heavy atom. The molecule has 1 fully saturated rings. The van der Waals surface area contributed by atoms with E-state index in [1.807, 2.05) is 0 Å². The number of hydrogen-bond acceptors (Lipinski definition) is 4. The van der Waals surface area contributed by atoms with Crippen molar-refractivity contribution in [1.82, 2.24) is 0 Å². The molecule has 0 heterocycles. The number of sulfonamides is 1. The molecule has 5 nitrogen and oxygen atoms in total. The average Bonchev–Trinajstić information content (AvgIpc) is 2.33. The maximum atomic E-state index is 11.7. The maximum absolute atomic E-state index is 11.7. The topological polar surface area (TPSA) is 98.2 Å². The first-order valence-corrected chi connectivity index (χ1v) is 8.70. The van der Waals surface area contributed by atoms with Crippen LogP contribution < -0.4 is 16.2 Å². The second-order valence-corrected chi connectivity index (χ2v) is 7.02. The standard InChI is InChI=1S/C14H23N3O2S/c15-11-8-9-13(14(10-11)20(16,18)19)17-12-6-4-2-1-3-5-7-12/h8-10,12,17H,1-7,15H2,(H2,16,18,19). The Morgan fingerprint density at radius 2 is 1.65 bits per heavy atom. The molecule has 0 unspecified atom stereocenters. The van der Waals surface area contributed by atoms with Crippen molar-refractivity contribution >= 4 is 21.4 Å². The summed E-state index contributed by atoms with van der Waals surface area (Å²) in [4.78, 5) is 0.0829. The van der Waals surface area contributed by atoms with Crippen LogP contribution in [-0.4, -0.2) is 14.5 Å². The highest BCUT2D eigenvalue weighted by Crippen LogP contribution is 2.26. The number of primary sulfonamides is 1. The highest BCUT2D eigenvalue weighted by molar-refractivity contribution is 7.89. The van der Waals surface area contributed by atoms with Crippen molar-refractivity contribution in [2.45, 2.75) is 55.9 Å². The van der Waals surface area contributed by atoms with E-state index in [0.717, 1.165) is 12.8 Å². The summed E-state index contributed by atoms with van der Waals surface area (Å²) >= 11 is 0. The molecular weight excluding hydrogens is 274 g/mol. The van der Waals surface area contributed by atoms with Crippen molar-refractivity contribution in [3.63, 3.8) is 0 Å². The minimum atomic E-state index is -3.77. The fourth-order valence-electron chi connectivity index (χ4n) is 2.71. The van der Waals surface area contributed by atoms with Gasteiger partial charge in [0, 0.05) is 11.7 Å². The number of nitrogens with two attached hydrogens (primary N) is 2. The van der Waals surface area contributed by atoms with Crippen LogP contribution in [0, 0.1) is 0 Å². The number of nitrogen functional groups attached to an aromatic ring is 1. The molecule has 112 valence electrons. The number of anilines is 2. The van der Waals surface area contributed by atoms with E-state index in [0.29, 0.717) is 17.4 Å². The van der Waals surface area contributed by atoms with Gasteiger partial charge in [0.2, 0.25) is 10.0 Å². The molecule has 5 N–H and O–H groups in total. The van der Waals surface area contributed by atoms with Crippen LogP contribution in [0.2, 0.25) is 0 Å². The first-order chi connectivity index (χ1) is 9.47. The summed E-state index contributed by atoms with van der Waals surface area (Å²) < 4.78 is 23.3. The Balaban J connectivity index is 2.19. The molecule has 0 amide bonds. The van der Waals surface area contributed by atoms with Crippen LogP contribution in [0.15, 0.2) is 23.1 Å². The highest BCUT2D eigenvalue weighted by atomic mass is 32.2. The predicted molar refractivity (Wildman–Crippen MR) is 82.0 cm³/mol. The second kappa shape index (κ2) is 6.45. The van der Waals surface area contributed by atoms with Crippen molar-refractivity contribution in [1.29, 1.82) is 0 Å². The van der Waals surface area contributed by atoms with Gasteiger partial charge >= 0.3 is 0 Å². The van der Waals surface area contributed by atoms with Gasteiger partial charge in [-0.25, -0.2) is 13.6 Å². The predicted octanol–water partition coefficient (Wildman–Crippen LogP) is 2.44. The van der Waals surface area contributed by atoms with Gasteiger partial charge in [-0.3, -0.25) is 0 Å². The van der Waals surface area contributed by atoms with E-state index in [1.54, 1.807) is 12.1 Å². The van der Waals surface area contributed by atoms with Gasteiger partial charge in [-0.05, 0) is 31.0 Å². The van der Waals surface area contributed by atoms with Crippen molar-refractivity contribution in [2.24, 2.45) is 5.14 Å². The summed E-state index contributed by atoms with van der Waals surface area (Å²) in [6.07, 6.45) is 8.29. The number of hydrogen-bond donors (Lipinski definition) is 3. The highest BCUT2D eigenvalue weighted by Gasteiger charge is 2.18. The molecule has 1 aromatic rings. The van der Waals surface area contributed by atoms with Gasteiger partial charge in [0.25, 0.3) is 0 Å². The molecule has 2 rings (SSSR count). The van der Waals surface area contributed by atoms with E-state index >= 15 is 0 Å². The number of benzene rings is 1. The SMILES string of the molecule is Nc1ccc(NC2CCCCCCC2)c(S(N)(=O)=O)c1. The van der Waals surface area contributed by atoms with E-state index in [9.17, 15) is 8.42 Å². The summed E-state index contributed by atoms with van der Waals surface area (Å²) in [7, 11) is -3.77.